The first kappa shape index (κ1) is 14.9. The Bertz CT molecular complexity index is 553. The van der Waals surface area contributed by atoms with Crippen LogP contribution in [0.4, 0.5) is 16.2 Å². The van der Waals surface area contributed by atoms with E-state index in [0.717, 1.165) is 43.9 Å². The van der Waals surface area contributed by atoms with Gasteiger partial charge in [0.1, 0.15) is 0 Å². The van der Waals surface area contributed by atoms with Crippen LogP contribution in [0.2, 0.25) is 0 Å². The van der Waals surface area contributed by atoms with E-state index in [-0.39, 0.29) is 6.03 Å². The zero-order chi connectivity index (χ0) is 15.5. The minimum Gasteiger partial charge on any atom is -0.375 e. The Labute approximate surface area is 132 Å². The summed E-state index contributed by atoms with van der Waals surface area (Å²) in [6.45, 7) is 4.83. The molecule has 0 radical (unpaired) electrons. The van der Waals surface area contributed by atoms with Crippen LogP contribution in [0.1, 0.15) is 19.8 Å². The summed E-state index contributed by atoms with van der Waals surface area (Å²) in [5.41, 5.74) is 2.00. The number of amides is 2. The molecule has 0 spiro atoms. The first-order valence-electron chi connectivity index (χ1n) is 8.19. The van der Waals surface area contributed by atoms with Crippen LogP contribution in [0.5, 0.6) is 0 Å². The van der Waals surface area contributed by atoms with Crippen molar-refractivity contribution in [3.63, 3.8) is 0 Å². The monoisotopic (exact) mass is 299 g/mol. The zero-order valence-electron chi connectivity index (χ0n) is 13.5. The van der Waals surface area contributed by atoms with Crippen LogP contribution in [0, 0.1) is 11.8 Å². The maximum atomic E-state index is 12.5. The number of carbonyl (C=O) groups excluding carboxylic acids is 1. The highest BCUT2D eigenvalue weighted by Crippen LogP contribution is 2.33. The van der Waals surface area contributed by atoms with E-state index in [1.807, 2.05) is 23.1 Å². The van der Waals surface area contributed by atoms with E-state index >= 15 is 0 Å². The SMILES string of the molecule is CCN(C)c1cccc(NC(=O)N2C[C@H]3CC=CC[C@@H]3C2)c1. The maximum absolute atomic E-state index is 12.5. The summed E-state index contributed by atoms with van der Waals surface area (Å²) in [5.74, 6) is 1.29. The number of allylic oxidation sites excluding steroid dienone is 2. The van der Waals surface area contributed by atoms with E-state index in [0.29, 0.717) is 11.8 Å². The third-order valence-electron chi connectivity index (χ3n) is 4.92. The van der Waals surface area contributed by atoms with Crippen molar-refractivity contribution in [3.8, 4) is 0 Å². The lowest BCUT2D eigenvalue weighted by Crippen LogP contribution is -2.33. The molecule has 2 aliphatic rings. The smallest absolute Gasteiger partial charge is 0.321 e. The molecule has 1 heterocycles. The van der Waals surface area contributed by atoms with Gasteiger partial charge in [0, 0.05) is 38.1 Å². The van der Waals surface area contributed by atoms with Gasteiger partial charge in [0.2, 0.25) is 0 Å². The second-order valence-corrected chi connectivity index (χ2v) is 6.36. The Balaban J connectivity index is 1.63. The fourth-order valence-electron chi connectivity index (χ4n) is 3.39. The maximum Gasteiger partial charge on any atom is 0.321 e. The zero-order valence-corrected chi connectivity index (χ0v) is 13.5. The van der Waals surface area contributed by atoms with E-state index in [9.17, 15) is 4.79 Å². The number of benzene rings is 1. The summed E-state index contributed by atoms with van der Waals surface area (Å²) in [7, 11) is 2.05. The van der Waals surface area contributed by atoms with E-state index < -0.39 is 0 Å². The minimum absolute atomic E-state index is 0.0331. The number of carbonyl (C=O) groups is 1. The molecule has 0 saturated carbocycles. The summed E-state index contributed by atoms with van der Waals surface area (Å²) in [4.78, 5) is 16.6. The first-order valence-corrected chi connectivity index (χ1v) is 8.19. The summed E-state index contributed by atoms with van der Waals surface area (Å²) in [6.07, 6.45) is 6.75. The van der Waals surface area contributed by atoms with Gasteiger partial charge in [-0.3, -0.25) is 0 Å². The molecule has 1 aliphatic carbocycles. The van der Waals surface area contributed by atoms with Crippen LogP contribution < -0.4 is 10.2 Å². The average Bonchev–Trinajstić information content (AvgIpc) is 2.98. The van der Waals surface area contributed by atoms with Gasteiger partial charge in [-0.2, -0.15) is 0 Å². The van der Waals surface area contributed by atoms with E-state index in [2.05, 4.69) is 42.4 Å². The van der Waals surface area contributed by atoms with Gasteiger partial charge in [0.15, 0.2) is 0 Å². The van der Waals surface area contributed by atoms with Gasteiger partial charge in [-0.15, -0.1) is 0 Å². The number of rotatable bonds is 3. The van der Waals surface area contributed by atoms with E-state index in [1.165, 1.54) is 0 Å². The lowest BCUT2D eigenvalue weighted by atomic mass is 9.86. The molecule has 1 saturated heterocycles. The standard InChI is InChI=1S/C18H25N3O/c1-3-20(2)17-10-6-9-16(11-17)19-18(22)21-12-14-7-4-5-8-15(14)13-21/h4-6,9-11,14-15H,3,7-8,12-13H2,1-2H3,(H,19,22)/t14-,15-/m1/s1. The van der Waals surface area contributed by atoms with Crippen molar-refractivity contribution >= 4 is 17.4 Å². The van der Waals surface area contributed by atoms with Crippen LogP contribution in [0.3, 0.4) is 0 Å². The summed E-state index contributed by atoms with van der Waals surface area (Å²) < 4.78 is 0. The molecule has 2 atom stereocenters. The van der Waals surface area contributed by atoms with Crippen molar-refractivity contribution in [1.29, 1.82) is 0 Å². The first-order chi connectivity index (χ1) is 10.7. The van der Waals surface area contributed by atoms with Crippen LogP contribution >= 0.6 is 0 Å². The predicted molar refractivity (Wildman–Crippen MR) is 91.3 cm³/mol. The average molecular weight is 299 g/mol. The van der Waals surface area contributed by atoms with Gasteiger partial charge >= 0.3 is 6.03 Å². The fourth-order valence-corrected chi connectivity index (χ4v) is 3.39. The van der Waals surface area contributed by atoms with Crippen molar-refractivity contribution in [1.82, 2.24) is 4.90 Å². The molecule has 1 N–H and O–H groups in total. The van der Waals surface area contributed by atoms with Gasteiger partial charge in [-0.1, -0.05) is 18.2 Å². The Hall–Kier alpha value is -1.97. The van der Waals surface area contributed by atoms with Gasteiger partial charge in [0.25, 0.3) is 0 Å². The Morgan fingerprint density at radius 2 is 1.95 bits per heavy atom. The molecular formula is C18H25N3O. The largest absolute Gasteiger partial charge is 0.375 e. The van der Waals surface area contributed by atoms with Crippen LogP contribution in [0.25, 0.3) is 0 Å². The summed E-state index contributed by atoms with van der Waals surface area (Å²) in [5, 5.41) is 3.05. The van der Waals surface area contributed by atoms with Gasteiger partial charge in [-0.05, 0) is 49.8 Å². The van der Waals surface area contributed by atoms with Crippen molar-refractivity contribution in [3.05, 3.63) is 36.4 Å². The van der Waals surface area contributed by atoms with E-state index in [4.69, 9.17) is 0 Å². The lowest BCUT2D eigenvalue weighted by molar-refractivity contribution is 0.220. The van der Waals surface area contributed by atoms with Crippen molar-refractivity contribution in [2.24, 2.45) is 11.8 Å². The Morgan fingerprint density at radius 3 is 2.59 bits per heavy atom. The van der Waals surface area contributed by atoms with Crippen LogP contribution in [-0.2, 0) is 0 Å². The number of nitrogens with one attached hydrogen (secondary N) is 1. The molecule has 4 nitrogen and oxygen atoms in total. The second kappa shape index (κ2) is 6.42. The molecule has 1 aromatic carbocycles. The number of nitrogens with zero attached hydrogens (tertiary/aromatic N) is 2. The number of urea groups is 1. The highest BCUT2D eigenvalue weighted by atomic mass is 16.2. The van der Waals surface area contributed by atoms with Gasteiger partial charge < -0.3 is 15.1 Å². The fraction of sp³-hybridized carbons (Fsp3) is 0.500. The molecule has 4 heteroatoms. The third kappa shape index (κ3) is 3.11. The summed E-state index contributed by atoms with van der Waals surface area (Å²) in [6, 6.07) is 8.08. The molecule has 1 aromatic rings. The molecule has 118 valence electrons. The molecule has 2 amide bonds. The number of hydrogen-bond donors (Lipinski definition) is 1. The minimum atomic E-state index is 0.0331. The highest BCUT2D eigenvalue weighted by molar-refractivity contribution is 5.90. The van der Waals surface area contributed by atoms with Crippen molar-refractivity contribution in [2.45, 2.75) is 19.8 Å². The molecule has 1 fully saturated rings. The second-order valence-electron chi connectivity index (χ2n) is 6.36. The topological polar surface area (TPSA) is 35.6 Å². The highest BCUT2D eigenvalue weighted by Gasteiger charge is 2.35. The number of anilines is 2. The molecule has 0 aromatic heterocycles. The molecule has 0 bridgehead atoms. The third-order valence-corrected chi connectivity index (χ3v) is 4.92. The van der Waals surface area contributed by atoms with Crippen LogP contribution in [-0.4, -0.2) is 37.6 Å². The number of hydrogen-bond acceptors (Lipinski definition) is 2. The molecule has 22 heavy (non-hydrogen) atoms. The van der Waals surface area contributed by atoms with Crippen LogP contribution in [0.15, 0.2) is 36.4 Å². The Kier molecular flexibility index (Phi) is 4.36. The van der Waals surface area contributed by atoms with Crippen molar-refractivity contribution < 1.29 is 4.79 Å². The normalized spacial score (nSPS) is 23.3. The molecule has 0 unspecified atom stereocenters. The quantitative estimate of drug-likeness (QED) is 0.866. The molecular weight excluding hydrogens is 274 g/mol. The lowest BCUT2D eigenvalue weighted by Gasteiger charge is -2.20. The number of fused-ring (bicyclic) bond motifs is 1. The number of likely N-dealkylation sites (tertiary alicyclic amines) is 1. The molecule has 3 rings (SSSR count). The van der Waals surface area contributed by atoms with Gasteiger partial charge in [0.05, 0.1) is 0 Å². The van der Waals surface area contributed by atoms with E-state index in [1.54, 1.807) is 0 Å². The van der Waals surface area contributed by atoms with Gasteiger partial charge in [-0.25, -0.2) is 4.79 Å². The van der Waals surface area contributed by atoms with Crippen molar-refractivity contribution in [2.75, 3.05) is 36.9 Å². The Morgan fingerprint density at radius 1 is 1.27 bits per heavy atom. The summed E-state index contributed by atoms with van der Waals surface area (Å²) >= 11 is 0. The predicted octanol–water partition coefficient (Wildman–Crippen LogP) is 3.57. The molecule has 1 aliphatic heterocycles.